The molecule has 1 aromatic heterocycles. The summed E-state index contributed by atoms with van der Waals surface area (Å²) in [7, 11) is -4.19. The Balaban J connectivity index is 1.51. The van der Waals surface area contributed by atoms with Crippen molar-refractivity contribution in [3.63, 3.8) is 0 Å². The number of carbonyl (C=O) groups excluding carboxylic acids is 1. The van der Waals surface area contributed by atoms with E-state index >= 15 is 0 Å². The van der Waals surface area contributed by atoms with Gasteiger partial charge in [0.25, 0.3) is 0 Å². The molecule has 2 aromatic carbocycles. The zero-order valence-corrected chi connectivity index (χ0v) is 24.9. The average molecular weight is 606 g/mol. The monoisotopic (exact) mass is 605 g/mol. The average Bonchev–Trinajstić information content (AvgIpc) is 3.32. The van der Waals surface area contributed by atoms with Crippen molar-refractivity contribution in [2.45, 2.75) is 62.8 Å². The molecule has 0 spiro atoms. The Kier molecular flexibility index (Phi) is 10.4. The molecule has 41 heavy (non-hydrogen) atoms. The summed E-state index contributed by atoms with van der Waals surface area (Å²) >= 11 is 1.25. The molecule has 4 N–H and O–H groups in total. The van der Waals surface area contributed by atoms with Crippen molar-refractivity contribution in [3.8, 4) is 5.75 Å². The summed E-state index contributed by atoms with van der Waals surface area (Å²) in [5.74, 6) is -0.186. The third-order valence-corrected chi connectivity index (χ3v) is 10.1. The molecule has 1 aliphatic heterocycles. The number of hydrogen-bond donors (Lipinski definition) is 3. The molecule has 12 nitrogen and oxygen atoms in total. The van der Waals surface area contributed by atoms with Crippen LogP contribution < -0.4 is 21.0 Å². The maximum absolute atomic E-state index is 14.2. The topological polar surface area (TPSA) is 168 Å². The Morgan fingerprint density at radius 1 is 1.24 bits per heavy atom. The lowest BCUT2D eigenvalue weighted by Gasteiger charge is -2.25. The summed E-state index contributed by atoms with van der Waals surface area (Å²) in [6.45, 7) is 5.65. The third kappa shape index (κ3) is 7.87. The second kappa shape index (κ2) is 13.8. The standard InChI is InChI=1S/C27H36N5O7PS/c1-4-18(5-2)14-37-25(34)17(3)31-40(36,39-22-12-8-10-19-9-6-7-11-20(19)22)38-15-23-21(33)13-24(41-23)32-16-29-26(28)30-27(32)35/h6-12,16-18,21,23-24,33H,4-5,13-15H2,1-3H3,(H,31,36)(H2,28,30,35)/t17-,21?,23+,24+,40?/m0/s1. The minimum absolute atomic E-state index is 0.139. The smallest absolute Gasteiger partial charge is 0.459 e. The molecule has 222 valence electrons. The number of nitrogens with one attached hydrogen (secondary N) is 1. The first-order valence-electron chi connectivity index (χ1n) is 13.5. The Hall–Kier alpha value is -2.96. The van der Waals surface area contributed by atoms with E-state index < -0.39 is 42.2 Å². The second-order valence-electron chi connectivity index (χ2n) is 9.86. The van der Waals surface area contributed by atoms with Gasteiger partial charge in [-0.2, -0.15) is 10.1 Å². The van der Waals surface area contributed by atoms with Gasteiger partial charge in [0.15, 0.2) is 0 Å². The molecule has 1 fully saturated rings. The van der Waals surface area contributed by atoms with Gasteiger partial charge in [0.1, 0.15) is 18.1 Å². The number of nitrogens with zero attached hydrogens (tertiary/aromatic N) is 3. The maximum Gasteiger partial charge on any atom is 0.459 e. The molecule has 5 atom stereocenters. The molecule has 0 amide bonds. The summed E-state index contributed by atoms with van der Waals surface area (Å²) < 4.78 is 32.7. The number of rotatable bonds is 13. The Morgan fingerprint density at radius 2 is 1.98 bits per heavy atom. The van der Waals surface area contributed by atoms with Crippen LogP contribution in [-0.2, 0) is 18.6 Å². The lowest BCUT2D eigenvalue weighted by Crippen LogP contribution is -2.36. The normalized spacial score (nSPS) is 21.0. The molecular formula is C27H36N5O7PS. The minimum atomic E-state index is -4.19. The van der Waals surface area contributed by atoms with Gasteiger partial charge in [-0.1, -0.05) is 63.1 Å². The van der Waals surface area contributed by atoms with Crippen LogP contribution in [-0.4, -0.2) is 56.2 Å². The molecular weight excluding hydrogens is 569 g/mol. The van der Waals surface area contributed by atoms with Gasteiger partial charge < -0.3 is 20.1 Å². The van der Waals surface area contributed by atoms with E-state index in [2.05, 4.69) is 15.1 Å². The number of benzene rings is 2. The maximum atomic E-state index is 14.2. The number of aromatic nitrogens is 3. The van der Waals surface area contributed by atoms with Crippen LogP contribution in [0, 0.1) is 5.92 Å². The molecule has 0 radical (unpaired) electrons. The van der Waals surface area contributed by atoms with E-state index in [1.54, 1.807) is 12.1 Å². The van der Waals surface area contributed by atoms with Crippen LogP contribution in [0.4, 0.5) is 5.95 Å². The van der Waals surface area contributed by atoms with Gasteiger partial charge in [-0.05, 0) is 24.3 Å². The van der Waals surface area contributed by atoms with E-state index in [1.165, 1.54) is 29.6 Å². The lowest BCUT2D eigenvalue weighted by atomic mass is 10.1. The molecule has 3 aromatic rings. The largest absolute Gasteiger partial charge is 0.464 e. The van der Waals surface area contributed by atoms with Gasteiger partial charge in [-0.25, -0.2) is 14.3 Å². The van der Waals surface area contributed by atoms with Gasteiger partial charge in [-0.3, -0.25) is 13.9 Å². The fraction of sp³-hybridized carbons (Fsp3) is 0.481. The van der Waals surface area contributed by atoms with Crippen molar-refractivity contribution in [1.29, 1.82) is 0 Å². The van der Waals surface area contributed by atoms with Crippen molar-refractivity contribution >= 4 is 42.2 Å². The van der Waals surface area contributed by atoms with Gasteiger partial charge in [0.05, 0.1) is 29.9 Å². The molecule has 0 bridgehead atoms. The molecule has 2 heterocycles. The predicted octanol–water partition coefficient (Wildman–Crippen LogP) is 3.90. The highest BCUT2D eigenvalue weighted by Crippen LogP contribution is 2.49. The number of carbonyl (C=O) groups is 1. The number of nitrogen functional groups attached to an aromatic ring is 1. The molecule has 1 saturated heterocycles. The highest BCUT2D eigenvalue weighted by Gasteiger charge is 2.39. The van der Waals surface area contributed by atoms with Crippen LogP contribution >= 0.6 is 19.5 Å². The van der Waals surface area contributed by atoms with Gasteiger partial charge >= 0.3 is 19.4 Å². The van der Waals surface area contributed by atoms with Crippen LogP contribution in [0.15, 0.2) is 53.6 Å². The van der Waals surface area contributed by atoms with Gasteiger partial charge in [0, 0.05) is 11.8 Å². The van der Waals surface area contributed by atoms with E-state index in [0.29, 0.717) is 11.1 Å². The van der Waals surface area contributed by atoms with Crippen molar-refractivity contribution in [2.75, 3.05) is 18.9 Å². The van der Waals surface area contributed by atoms with Crippen LogP contribution in [0.5, 0.6) is 5.75 Å². The summed E-state index contributed by atoms with van der Waals surface area (Å²) in [6, 6.07) is 11.8. The molecule has 0 aliphatic carbocycles. The summed E-state index contributed by atoms with van der Waals surface area (Å²) in [5, 5.41) is 14.0. The predicted molar refractivity (Wildman–Crippen MR) is 158 cm³/mol. The first-order valence-corrected chi connectivity index (χ1v) is 16.0. The van der Waals surface area contributed by atoms with Crippen LogP contribution in [0.25, 0.3) is 10.8 Å². The van der Waals surface area contributed by atoms with Gasteiger partial charge in [0.2, 0.25) is 5.95 Å². The number of thioether (sulfide) groups is 1. The number of fused-ring (bicyclic) bond motifs is 1. The van der Waals surface area contributed by atoms with E-state index in [1.807, 2.05) is 44.2 Å². The number of esters is 1. The first kappa shape index (κ1) is 31.0. The van der Waals surface area contributed by atoms with Crippen molar-refractivity contribution in [3.05, 3.63) is 59.3 Å². The number of ether oxygens (including phenoxy) is 1. The summed E-state index contributed by atoms with van der Waals surface area (Å²) in [6.07, 6.45) is 2.35. The van der Waals surface area contributed by atoms with Crippen molar-refractivity contribution in [2.24, 2.45) is 5.92 Å². The Bertz CT molecular complexity index is 1450. The zero-order chi connectivity index (χ0) is 29.6. The fourth-order valence-corrected chi connectivity index (χ4v) is 7.46. The van der Waals surface area contributed by atoms with E-state index in [4.69, 9.17) is 19.5 Å². The molecule has 0 saturated carbocycles. The van der Waals surface area contributed by atoms with Crippen LogP contribution in [0.3, 0.4) is 0 Å². The third-order valence-electron chi connectivity index (χ3n) is 6.96. The summed E-state index contributed by atoms with van der Waals surface area (Å²) in [5.41, 5.74) is 4.90. The molecule has 14 heteroatoms. The first-order chi connectivity index (χ1) is 19.6. The minimum Gasteiger partial charge on any atom is -0.464 e. The fourth-order valence-electron chi connectivity index (χ4n) is 4.39. The number of aliphatic hydroxyl groups excluding tert-OH is 1. The second-order valence-corrected chi connectivity index (χ2v) is 13.0. The van der Waals surface area contributed by atoms with Gasteiger partial charge in [-0.15, -0.1) is 11.8 Å². The molecule has 2 unspecified atom stereocenters. The van der Waals surface area contributed by atoms with Crippen molar-refractivity contribution in [1.82, 2.24) is 19.6 Å². The molecule has 1 aliphatic rings. The van der Waals surface area contributed by atoms with Crippen LogP contribution in [0.1, 0.15) is 45.4 Å². The zero-order valence-electron chi connectivity index (χ0n) is 23.2. The molecule has 4 rings (SSSR count). The lowest BCUT2D eigenvalue weighted by molar-refractivity contribution is -0.146. The van der Waals surface area contributed by atoms with E-state index in [-0.39, 0.29) is 31.5 Å². The SMILES string of the molecule is CCC(CC)COC(=O)[C@H](C)NP(=O)(OC[C@H]1S[C@@H](n2cnc(N)nc2=O)CC1O)Oc1cccc2ccccc12. The highest BCUT2D eigenvalue weighted by molar-refractivity contribution is 8.00. The van der Waals surface area contributed by atoms with Crippen molar-refractivity contribution < 1.29 is 28.3 Å². The highest BCUT2D eigenvalue weighted by atomic mass is 32.2. The Labute approximate surface area is 242 Å². The number of nitrogens with two attached hydrogens (primary N) is 1. The van der Waals surface area contributed by atoms with E-state index in [9.17, 15) is 19.3 Å². The van der Waals surface area contributed by atoms with Crippen LogP contribution in [0.2, 0.25) is 0 Å². The quantitative estimate of drug-likeness (QED) is 0.190. The summed E-state index contributed by atoms with van der Waals surface area (Å²) in [4.78, 5) is 32.6. The number of hydrogen-bond acceptors (Lipinski definition) is 11. The number of aliphatic hydroxyl groups is 1. The number of anilines is 1. The Morgan fingerprint density at radius 3 is 2.71 bits per heavy atom. The van der Waals surface area contributed by atoms with E-state index in [0.717, 1.165) is 18.2 Å².